The monoisotopic (exact) mass is 313 g/mol. The summed E-state index contributed by atoms with van der Waals surface area (Å²) in [6.07, 6.45) is 8.88. The Bertz CT molecular complexity index is 419. The third-order valence-electron chi connectivity index (χ3n) is 4.31. The molecule has 3 heteroatoms. The van der Waals surface area contributed by atoms with E-state index >= 15 is 0 Å². The molecule has 2 atom stereocenters. The largest absolute Gasteiger partial charge is 0.314 e. The van der Waals surface area contributed by atoms with E-state index in [4.69, 9.17) is 23.2 Å². The molecular formula is C17H25Cl2N. The minimum Gasteiger partial charge on any atom is -0.314 e. The first-order valence-electron chi connectivity index (χ1n) is 7.88. The summed E-state index contributed by atoms with van der Waals surface area (Å²) in [6.45, 7) is 3.34. The van der Waals surface area contributed by atoms with E-state index in [1.165, 1.54) is 44.1 Å². The summed E-state index contributed by atoms with van der Waals surface area (Å²) in [4.78, 5) is 0. The van der Waals surface area contributed by atoms with Crippen molar-refractivity contribution in [2.45, 2.75) is 57.9 Å². The van der Waals surface area contributed by atoms with Gasteiger partial charge in [0.2, 0.25) is 0 Å². The predicted octanol–water partition coefficient (Wildman–Crippen LogP) is 5.48. The highest BCUT2D eigenvalue weighted by Gasteiger charge is 2.24. The highest BCUT2D eigenvalue weighted by atomic mass is 35.5. The Morgan fingerprint density at radius 2 is 1.95 bits per heavy atom. The minimum atomic E-state index is 0.632. The summed E-state index contributed by atoms with van der Waals surface area (Å²) in [5.41, 5.74) is 1.20. The van der Waals surface area contributed by atoms with Crippen LogP contribution in [0.5, 0.6) is 0 Å². The molecule has 0 saturated heterocycles. The van der Waals surface area contributed by atoms with Crippen LogP contribution >= 0.6 is 23.2 Å². The number of hydrogen-bond acceptors (Lipinski definition) is 1. The fourth-order valence-corrected chi connectivity index (χ4v) is 3.60. The zero-order chi connectivity index (χ0) is 14.4. The molecule has 0 heterocycles. The van der Waals surface area contributed by atoms with Crippen molar-refractivity contribution in [3.8, 4) is 0 Å². The first-order valence-corrected chi connectivity index (χ1v) is 8.63. The van der Waals surface area contributed by atoms with Crippen LogP contribution in [0.15, 0.2) is 18.2 Å². The number of hydrogen-bond donors (Lipinski definition) is 1. The maximum absolute atomic E-state index is 6.33. The second-order valence-electron chi connectivity index (χ2n) is 5.90. The third kappa shape index (κ3) is 4.65. The van der Waals surface area contributed by atoms with E-state index in [1.54, 1.807) is 0 Å². The maximum Gasteiger partial charge on any atom is 0.0439 e. The lowest BCUT2D eigenvalue weighted by Crippen LogP contribution is -2.37. The molecule has 1 N–H and O–H groups in total. The average Bonchev–Trinajstić information content (AvgIpc) is 2.66. The fourth-order valence-electron chi connectivity index (χ4n) is 3.21. The second-order valence-corrected chi connectivity index (χ2v) is 6.74. The Hall–Kier alpha value is -0.240. The van der Waals surface area contributed by atoms with Crippen LogP contribution in [0.1, 0.15) is 51.0 Å². The normalized spacial score (nSPS) is 23.6. The van der Waals surface area contributed by atoms with E-state index in [0.717, 1.165) is 23.0 Å². The van der Waals surface area contributed by atoms with Gasteiger partial charge in [0.25, 0.3) is 0 Å². The lowest BCUT2D eigenvalue weighted by atomic mass is 9.88. The van der Waals surface area contributed by atoms with Gasteiger partial charge in [-0.3, -0.25) is 0 Å². The van der Waals surface area contributed by atoms with Gasteiger partial charge in [0.15, 0.2) is 0 Å². The van der Waals surface area contributed by atoms with Gasteiger partial charge >= 0.3 is 0 Å². The van der Waals surface area contributed by atoms with Gasteiger partial charge in [-0.15, -0.1) is 0 Å². The summed E-state index contributed by atoms with van der Waals surface area (Å²) < 4.78 is 0. The molecule has 1 aliphatic rings. The van der Waals surface area contributed by atoms with Crippen molar-refractivity contribution in [1.29, 1.82) is 0 Å². The molecule has 1 nitrogen and oxygen atoms in total. The average molecular weight is 314 g/mol. The summed E-state index contributed by atoms with van der Waals surface area (Å²) >= 11 is 12.4. The van der Waals surface area contributed by atoms with E-state index < -0.39 is 0 Å². The van der Waals surface area contributed by atoms with Crippen molar-refractivity contribution in [1.82, 2.24) is 5.32 Å². The summed E-state index contributed by atoms with van der Waals surface area (Å²) in [5, 5.41) is 5.38. The summed E-state index contributed by atoms with van der Waals surface area (Å²) in [5.74, 6) is 0.681. The zero-order valence-corrected chi connectivity index (χ0v) is 13.8. The van der Waals surface area contributed by atoms with Crippen molar-refractivity contribution < 1.29 is 0 Å². The summed E-state index contributed by atoms with van der Waals surface area (Å²) in [7, 11) is 0. The standard InChI is InChI=1S/C17H25Cl2N/c1-2-10-20-17-7-5-3-4-6-13(17)11-14-12-15(18)8-9-16(14)19/h8-9,12-13,17,20H,2-7,10-11H2,1H3. The van der Waals surface area contributed by atoms with Gasteiger partial charge in [-0.25, -0.2) is 0 Å². The van der Waals surface area contributed by atoms with Crippen molar-refractivity contribution in [2.24, 2.45) is 5.92 Å². The van der Waals surface area contributed by atoms with Gasteiger partial charge < -0.3 is 5.32 Å². The molecule has 1 aromatic carbocycles. The maximum atomic E-state index is 6.33. The van der Waals surface area contributed by atoms with Crippen LogP contribution in [0.25, 0.3) is 0 Å². The molecular weight excluding hydrogens is 289 g/mol. The number of rotatable bonds is 5. The van der Waals surface area contributed by atoms with Gasteiger partial charge in [-0.2, -0.15) is 0 Å². The molecule has 2 rings (SSSR count). The number of nitrogens with one attached hydrogen (secondary N) is 1. The van der Waals surface area contributed by atoms with Gasteiger partial charge in [0.05, 0.1) is 0 Å². The van der Waals surface area contributed by atoms with Crippen molar-refractivity contribution >= 4 is 23.2 Å². The quantitative estimate of drug-likeness (QED) is 0.709. The highest BCUT2D eigenvalue weighted by molar-refractivity contribution is 6.33. The third-order valence-corrected chi connectivity index (χ3v) is 4.91. The van der Waals surface area contributed by atoms with Crippen LogP contribution in [-0.2, 0) is 6.42 Å². The van der Waals surface area contributed by atoms with Gasteiger partial charge in [-0.05, 0) is 61.9 Å². The lowest BCUT2D eigenvalue weighted by molar-refractivity contribution is 0.332. The number of benzene rings is 1. The molecule has 0 aliphatic heterocycles. The van der Waals surface area contributed by atoms with Crippen molar-refractivity contribution in [3.05, 3.63) is 33.8 Å². The molecule has 2 unspecified atom stereocenters. The highest BCUT2D eigenvalue weighted by Crippen LogP contribution is 2.30. The first kappa shape index (κ1) is 16.1. The smallest absolute Gasteiger partial charge is 0.0439 e. The lowest BCUT2D eigenvalue weighted by Gasteiger charge is -2.27. The molecule has 0 amide bonds. The van der Waals surface area contributed by atoms with Crippen LogP contribution in [0, 0.1) is 5.92 Å². The first-order chi connectivity index (χ1) is 9.70. The molecule has 1 saturated carbocycles. The van der Waals surface area contributed by atoms with E-state index in [-0.39, 0.29) is 0 Å². The molecule has 20 heavy (non-hydrogen) atoms. The summed E-state index contributed by atoms with van der Waals surface area (Å²) in [6, 6.07) is 6.45. The Balaban J connectivity index is 2.08. The van der Waals surface area contributed by atoms with Gasteiger partial charge in [0, 0.05) is 16.1 Å². The van der Waals surface area contributed by atoms with Gasteiger partial charge in [-0.1, -0.05) is 49.4 Å². The van der Waals surface area contributed by atoms with Crippen LogP contribution < -0.4 is 5.32 Å². The van der Waals surface area contributed by atoms with Crippen molar-refractivity contribution in [2.75, 3.05) is 6.54 Å². The van der Waals surface area contributed by atoms with E-state index in [9.17, 15) is 0 Å². The Kier molecular flexibility index (Phi) is 6.67. The molecule has 1 fully saturated rings. The Morgan fingerprint density at radius 1 is 1.15 bits per heavy atom. The van der Waals surface area contributed by atoms with Crippen LogP contribution in [0.2, 0.25) is 10.0 Å². The molecule has 1 aromatic rings. The number of halogens is 2. The molecule has 0 bridgehead atoms. The Morgan fingerprint density at radius 3 is 2.75 bits per heavy atom. The molecule has 0 aromatic heterocycles. The van der Waals surface area contributed by atoms with E-state index in [0.29, 0.717) is 12.0 Å². The van der Waals surface area contributed by atoms with Gasteiger partial charge in [0.1, 0.15) is 0 Å². The molecule has 112 valence electrons. The van der Waals surface area contributed by atoms with E-state index in [2.05, 4.69) is 12.2 Å². The SMILES string of the molecule is CCCNC1CCCCCC1Cc1cc(Cl)ccc1Cl. The fraction of sp³-hybridized carbons (Fsp3) is 0.647. The van der Waals surface area contributed by atoms with E-state index in [1.807, 2.05) is 18.2 Å². The molecule has 0 spiro atoms. The zero-order valence-electron chi connectivity index (χ0n) is 12.3. The molecule has 1 aliphatic carbocycles. The van der Waals surface area contributed by atoms with Crippen LogP contribution in [-0.4, -0.2) is 12.6 Å². The predicted molar refractivity (Wildman–Crippen MR) is 88.8 cm³/mol. The Labute approximate surface area is 133 Å². The van der Waals surface area contributed by atoms with Crippen molar-refractivity contribution in [3.63, 3.8) is 0 Å². The van der Waals surface area contributed by atoms with Crippen LogP contribution in [0.4, 0.5) is 0 Å². The molecule has 0 radical (unpaired) electrons. The van der Waals surface area contributed by atoms with Crippen LogP contribution in [0.3, 0.4) is 0 Å². The second kappa shape index (κ2) is 8.26. The topological polar surface area (TPSA) is 12.0 Å². The minimum absolute atomic E-state index is 0.632.